The van der Waals surface area contributed by atoms with Gasteiger partial charge in [0.25, 0.3) is 0 Å². The average molecular weight is 543 g/mol. The van der Waals surface area contributed by atoms with Gasteiger partial charge in [0.05, 0.1) is 6.61 Å². The first-order valence-corrected chi connectivity index (χ1v) is 16.4. The molecule has 0 aromatic carbocycles. The van der Waals surface area contributed by atoms with Crippen molar-refractivity contribution in [3.8, 4) is 0 Å². The fraction of sp³-hybridized carbons (Fsp3) is 1.00. The summed E-state index contributed by atoms with van der Waals surface area (Å²) in [6.45, 7) is 4.53. The van der Waals surface area contributed by atoms with Crippen LogP contribution >= 0.6 is 0 Å². The van der Waals surface area contributed by atoms with Gasteiger partial charge in [0.15, 0.2) is 0 Å². The molecule has 0 saturated carbocycles. The van der Waals surface area contributed by atoms with Crippen LogP contribution in [-0.4, -0.2) is 19.6 Å². The van der Waals surface area contributed by atoms with Gasteiger partial charge in [-0.25, -0.2) is 8.42 Å². The zero-order valence-corrected chi connectivity index (χ0v) is 27.9. The summed E-state index contributed by atoms with van der Waals surface area (Å²) in [6.07, 6.45) is 32.7. The fourth-order valence-electron chi connectivity index (χ4n) is 4.86. The van der Waals surface area contributed by atoms with Crippen molar-refractivity contribution in [2.24, 2.45) is 5.92 Å². The molecule has 0 bridgehead atoms. The molecule has 0 radical (unpaired) electrons. The first-order chi connectivity index (χ1) is 16.5. The van der Waals surface area contributed by atoms with E-state index >= 15 is 0 Å². The van der Waals surface area contributed by atoms with Crippen molar-refractivity contribution in [1.82, 2.24) is 0 Å². The van der Waals surface area contributed by atoms with E-state index in [-0.39, 0.29) is 63.9 Å². The Morgan fingerprint density at radius 3 is 1.06 bits per heavy atom. The quantitative estimate of drug-likeness (QED) is 0.0468. The molecule has 6 heteroatoms. The van der Waals surface area contributed by atoms with Crippen LogP contribution < -0.4 is 51.4 Å². The molecule has 0 fully saturated rings. The molecule has 0 amide bonds. The summed E-state index contributed by atoms with van der Waals surface area (Å²) in [5.41, 5.74) is 0. The molecule has 0 saturated heterocycles. The van der Waals surface area contributed by atoms with Crippen LogP contribution in [0, 0.1) is 5.92 Å². The summed E-state index contributed by atoms with van der Waals surface area (Å²) >= 11 is 0. The molecule has 4 nitrogen and oxygen atoms in total. The van der Waals surface area contributed by atoms with E-state index in [0.717, 1.165) is 25.7 Å². The Labute approximate surface area is 263 Å². The molecule has 1 unspecified atom stereocenters. The van der Waals surface area contributed by atoms with Gasteiger partial charge in [0.2, 0.25) is 10.4 Å². The minimum Gasteiger partial charge on any atom is -0.726 e. The van der Waals surface area contributed by atoms with Gasteiger partial charge in [-0.2, -0.15) is 0 Å². The van der Waals surface area contributed by atoms with Gasteiger partial charge in [-0.3, -0.25) is 4.18 Å². The second-order valence-corrected chi connectivity index (χ2v) is 11.6. The molecule has 0 aromatic heterocycles. The molecule has 0 heterocycles. The van der Waals surface area contributed by atoms with Crippen molar-refractivity contribution in [3.05, 3.63) is 0 Å². The summed E-state index contributed by atoms with van der Waals surface area (Å²) in [5.74, 6) is 0.200. The Morgan fingerprint density at radius 2 is 0.771 bits per heavy atom. The van der Waals surface area contributed by atoms with Crippen LogP contribution in [0.3, 0.4) is 0 Å². The first kappa shape index (κ1) is 38.7. The van der Waals surface area contributed by atoms with Gasteiger partial charge in [-0.05, 0) is 18.8 Å². The van der Waals surface area contributed by atoms with E-state index in [1.54, 1.807) is 0 Å². The Kier molecular flexibility index (Phi) is 33.2. The molecule has 0 aliphatic carbocycles. The monoisotopic (exact) mass is 542 g/mol. The van der Waals surface area contributed by atoms with Crippen molar-refractivity contribution in [2.75, 3.05) is 6.61 Å². The third-order valence-corrected chi connectivity index (χ3v) is 7.55. The minimum absolute atomic E-state index is 0. The van der Waals surface area contributed by atoms with Crippen molar-refractivity contribution in [3.63, 3.8) is 0 Å². The van der Waals surface area contributed by atoms with Gasteiger partial charge in [-0.15, -0.1) is 0 Å². The third-order valence-electron chi connectivity index (χ3n) is 7.13. The number of hydrogen-bond acceptors (Lipinski definition) is 4. The molecule has 0 N–H and O–H groups in total. The molecule has 35 heavy (non-hydrogen) atoms. The number of hydrogen-bond donors (Lipinski definition) is 0. The molecule has 1 atom stereocenters. The first-order valence-electron chi connectivity index (χ1n) is 15.1. The van der Waals surface area contributed by atoms with Gasteiger partial charge >= 0.3 is 51.4 Å². The van der Waals surface area contributed by atoms with E-state index in [9.17, 15) is 13.0 Å². The van der Waals surface area contributed by atoms with Gasteiger partial charge < -0.3 is 4.55 Å². The molecule has 0 aliphatic rings. The SMILES string of the molecule is CCCCCCCCCCCCCCCCCCCCCC(CCCCCC)COS(=O)(=O)[O-].[K+]. The Bertz CT molecular complexity index is 499. The summed E-state index contributed by atoms with van der Waals surface area (Å²) < 4.78 is 36.9. The van der Waals surface area contributed by atoms with E-state index in [2.05, 4.69) is 18.0 Å². The maximum atomic E-state index is 10.8. The summed E-state index contributed by atoms with van der Waals surface area (Å²) in [7, 11) is -4.57. The van der Waals surface area contributed by atoms with Crippen LogP contribution in [0.5, 0.6) is 0 Å². The minimum atomic E-state index is -4.57. The summed E-state index contributed by atoms with van der Waals surface area (Å²) in [6, 6.07) is 0. The predicted octanol–water partition coefficient (Wildman–Crippen LogP) is 6.88. The maximum absolute atomic E-state index is 10.8. The van der Waals surface area contributed by atoms with Crippen LogP contribution in [0.15, 0.2) is 0 Å². The van der Waals surface area contributed by atoms with Crippen molar-refractivity contribution < 1.29 is 68.5 Å². The molecule has 0 spiro atoms. The summed E-state index contributed by atoms with van der Waals surface area (Å²) in [4.78, 5) is 0. The zero-order chi connectivity index (χ0) is 25.2. The Hall–Kier alpha value is 1.51. The number of rotatable bonds is 28. The van der Waals surface area contributed by atoms with Crippen LogP contribution in [0.1, 0.15) is 174 Å². The Morgan fingerprint density at radius 1 is 0.514 bits per heavy atom. The fourth-order valence-corrected chi connectivity index (χ4v) is 5.22. The van der Waals surface area contributed by atoms with E-state index in [1.165, 1.54) is 135 Å². The van der Waals surface area contributed by atoms with Crippen LogP contribution in [-0.2, 0) is 14.6 Å². The summed E-state index contributed by atoms with van der Waals surface area (Å²) in [5, 5.41) is 0. The molecular weight excluding hydrogens is 483 g/mol. The van der Waals surface area contributed by atoms with E-state index in [4.69, 9.17) is 0 Å². The largest absolute Gasteiger partial charge is 1.00 e. The van der Waals surface area contributed by atoms with Crippen LogP contribution in [0.25, 0.3) is 0 Å². The van der Waals surface area contributed by atoms with Gasteiger partial charge in [-0.1, -0.05) is 162 Å². The van der Waals surface area contributed by atoms with Gasteiger partial charge in [0, 0.05) is 0 Å². The molecular formula is C29H59KO4S. The molecule has 0 aromatic rings. The second-order valence-electron chi connectivity index (χ2n) is 10.6. The Balaban J connectivity index is 0. The molecule has 0 rings (SSSR count). The normalized spacial score (nSPS) is 12.5. The second kappa shape index (κ2) is 30.1. The van der Waals surface area contributed by atoms with E-state index < -0.39 is 10.4 Å². The van der Waals surface area contributed by atoms with E-state index in [1.807, 2.05) is 0 Å². The van der Waals surface area contributed by atoms with Crippen LogP contribution in [0.2, 0.25) is 0 Å². The number of unbranched alkanes of at least 4 members (excludes halogenated alkanes) is 21. The van der Waals surface area contributed by atoms with Gasteiger partial charge in [0.1, 0.15) is 0 Å². The standard InChI is InChI=1S/C29H60O4S.K/c1-3-5-7-9-10-11-12-13-14-15-16-17-18-19-20-21-22-23-25-27-29(26-24-8-6-4-2)28-33-34(30,31)32;/h29H,3-28H2,1-2H3,(H,30,31,32);/q;+1/p-1. The van der Waals surface area contributed by atoms with Crippen LogP contribution in [0.4, 0.5) is 0 Å². The van der Waals surface area contributed by atoms with Crippen molar-refractivity contribution in [1.29, 1.82) is 0 Å². The molecule has 0 aliphatic heterocycles. The van der Waals surface area contributed by atoms with Crippen molar-refractivity contribution in [2.45, 2.75) is 174 Å². The zero-order valence-electron chi connectivity index (χ0n) is 24.0. The maximum Gasteiger partial charge on any atom is 1.00 e. The predicted molar refractivity (Wildman–Crippen MR) is 146 cm³/mol. The van der Waals surface area contributed by atoms with Crippen molar-refractivity contribution >= 4 is 10.4 Å². The third kappa shape index (κ3) is 33.5. The van der Waals surface area contributed by atoms with E-state index in [0.29, 0.717) is 0 Å². The smallest absolute Gasteiger partial charge is 0.726 e. The molecule has 206 valence electrons. The average Bonchev–Trinajstić information content (AvgIpc) is 2.80. The topological polar surface area (TPSA) is 66.4 Å².